The Bertz CT molecular complexity index is 455. The van der Waals surface area contributed by atoms with E-state index in [9.17, 15) is 30.6 Å². The molecule has 26 heavy (non-hydrogen) atoms. The Balaban J connectivity index is 2.14. The van der Waals surface area contributed by atoms with Crippen LogP contribution in [-0.2, 0) is 18.9 Å². The van der Waals surface area contributed by atoms with Gasteiger partial charge in [0.25, 0.3) is 0 Å². The van der Waals surface area contributed by atoms with Crippen molar-refractivity contribution >= 4 is 7.32 Å². The maximum atomic E-state index is 10.1. The van der Waals surface area contributed by atoms with Gasteiger partial charge in [-0.05, 0) is 0 Å². The zero-order valence-corrected chi connectivity index (χ0v) is 13.5. The summed E-state index contributed by atoms with van der Waals surface area (Å²) in [5, 5.41) is 85.7. The van der Waals surface area contributed by atoms with Crippen LogP contribution in [-0.4, -0.2) is 128 Å². The first-order valence-corrected chi connectivity index (χ1v) is 7.77. The lowest BCUT2D eigenvalue weighted by molar-refractivity contribution is -0.383. The van der Waals surface area contributed by atoms with Crippen LogP contribution in [0.4, 0.5) is 0 Å². The molecule has 0 amide bonds. The summed E-state index contributed by atoms with van der Waals surface area (Å²) in [5.74, 6) is -2.29. The molecule has 0 aromatic heterocycles. The van der Waals surface area contributed by atoms with Crippen LogP contribution in [0, 0.1) is 0 Å². The molecule has 152 valence electrons. The Kier molecular flexibility index (Phi) is 7.31. The zero-order chi connectivity index (χ0) is 19.6. The SMILES string of the molecule is OC[C@H]1O[C@@](CO)(O[C@H]2O[C@H](COB(O)O)[C@@H](O)[C@H](O)[C@H]2O)[C@@H](O)[C@@H]1O. The normalized spacial score (nSPS) is 46.5. The van der Waals surface area contributed by atoms with E-state index >= 15 is 0 Å². The van der Waals surface area contributed by atoms with Crippen molar-refractivity contribution in [3.8, 4) is 0 Å². The topological polar surface area (TPSA) is 219 Å². The predicted molar refractivity (Wildman–Crippen MR) is 77.7 cm³/mol. The number of rotatable bonds is 7. The van der Waals surface area contributed by atoms with Crippen molar-refractivity contribution in [2.45, 2.75) is 54.8 Å². The Morgan fingerprint density at radius 3 is 2.04 bits per heavy atom. The molecule has 0 aliphatic carbocycles. The van der Waals surface area contributed by atoms with Crippen molar-refractivity contribution in [3.05, 3.63) is 0 Å². The van der Waals surface area contributed by atoms with E-state index in [1.165, 1.54) is 0 Å². The highest BCUT2D eigenvalue weighted by molar-refractivity contribution is 6.32. The fourth-order valence-corrected chi connectivity index (χ4v) is 2.80. The molecular weight excluding hydrogens is 363 g/mol. The average molecular weight is 386 g/mol. The summed E-state index contributed by atoms with van der Waals surface area (Å²) in [6, 6.07) is 0. The average Bonchev–Trinajstić information content (AvgIpc) is 2.86. The van der Waals surface area contributed by atoms with Crippen molar-refractivity contribution in [2.24, 2.45) is 0 Å². The van der Waals surface area contributed by atoms with Crippen molar-refractivity contribution < 1.29 is 64.7 Å². The Labute approximate surface area is 147 Å². The third-order valence-corrected chi connectivity index (χ3v) is 4.30. The van der Waals surface area contributed by atoms with Gasteiger partial charge in [0.15, 0.2) is 6.29 Å². The second kappa shape index (κ2) is 8.70. The lowest BCUT2D eigenvalue weighted by Gasteiger charge is -2.43. The van der Waals surface area contributed by atoms with Gasteiger partial charge in [-0.1, -0.05) is 0 Å². The molecule has 13 nitrogen and oxygen atoms in total. The first-order chi connectivity index (χ1) is 12.2. The molecule has 2 saturated heterocycles. The molecule has 0 bridgehead atoms. The second-order valence-electron chi connectivity index (χ2n) is 6.04. The standard InChI is InChI=1S/C12H23BO13/c14-1-4-7(17)10(20)12(3-15,25-4)26-11-9(19)8(18)6(16)5(24-11)2-23-13(21)22/h4-11,14-22H,1-3H2/t4-,5-,6-,7-,8+,9-,10+,11-,12+/m1/s1. The van der Waals surface area contributed by atoms with Crippen LogP contribution >= 0.6 is 0 Å². The van der Waals surface area contributed by atoms with Gasteiger partial charge in [-0.2, -0.15) is 0 Å². The second-order valence-corrected chi connectivity index (χ2v) is 6.04. The number of ether oxygens (including phenoxy) is 3. The summed E-state index contributed by atoms with van der Waals surface area (Å²) >= 11 is 0. The first-order valence-electron chi connectivity index (χ1n) is 7.77. The van der Waals surface area contributed by atoms with Crippen LogP contribution in [0.25, 0.3) is 0 Å². The van der Waals surface area contributed by atoms with E-state index in [0.29, 0.717) is 0 Å². The summed E-state index contributed by atoms with van der Waals surface area (Å²) in [6.45, 7) is -2.33. The smallest absolute Gasteiger partial charge is 0.402 e. The minimum Gasteiger partial charge on any atom is -0.402 e. The zero-order valence-electron chi connectivity index (χ0n) is 13.5. The summed E-state index contributed by atoms with van der Waals surface area (Å²) in [7, 11) is -2.18. The minimum atomic E-state index is -2.29. The van der Waals surface area contributed by atoms with Crippen LogP contribution in [0.5, 0.6) is 0 Å². The largest absolute Gasteiger partial charge is 0.633 e. The first kappa shape index (κ1) is 21.8. The van der Waals surface area contributed by atoms with Gasteiger partial charge < -0.3 is 64.7 Å². The molecule has 2 heterocycles. The van der Waals surface area contributed by atoms with Crippen LogP contribution in [0.3, 0.4) is 0 Å². The molecule has 14 heteroatoms. The highest BCUT2D eigenvalue weighted by Gasteiger charge is 2.58. The molecule has 9 N–H and O–H groups in total. The molecule has 2 fully saturated rings. The van der Waals surface area contributed by atoms with Crippen LogP contribution < -0.4 is 0 Å². The van der Waals surface area contributed by atoms with Gasteiger partial charge in [0, 0.05) is 0 Å². The van der Waals surface area contributed by atoms with Gasteiger partial charge >= 0.3 is 7.32 Å². The van der Waals surface area contributed by atoms with Gasteiger partial charge in [-0.25, -0.2) is 0 Å². The minimum absolute atomic E-state index is 0.611. The molecular formula is C12H23BO13. The Morgan fingerprint density at radius 2 is 1.54 bits per heavy atom. The number of hydrogen-bond donors (Lipinski definition) is 9. The molecule has 2 aliphatic rings. The van der Waals surface area contributed by atoms with Gasteiger partial charge in [0.1, 0.15) is 49.3 Å². The summed E-state index contributed by atoms with van der Waals surface area (Å²) in [5.41, 5.74) is 0. The van der Waals surface area contributed by atoms with Crippen molar-refractivity contribution in [2.75, 3.05) is 19.8 Å². The third kappa shape index (κ3) is 4.17. The van der Waals surface area contributed by atoms with E-state index in [1.54, 1.807) is 0 Å². The molecule has 0 aromatic carbocycles. The van der Waals surface area contributed by atoms with E-state index in [0.717, 1.165) is 0 Å². The van der Waals surface area contributed by atoms with Gasteiger partial charge in [-0.15, -0.1) is 0 Å². The fraction of sp³-hybridized carbons (Fsp3) is 1.00. The number of hydrogen-bond acceptors (Lipinski definition) is 13. The summed E-state index contributed by atoms with van der Waals surface area (Å²) in [6.07, 6.45) is -13.3. The van der Waals surface area contributed by atoms with E-state index in [-0.39, 0.29) is 0 Å². The lowest BCUT2D eigenvalue weighted by atomic mass is 9.98. The molecule has 2 rings (SSSR count). The quantitative estimate of drug-likeness (QED) is 0.186. The molecule has 0 aromatic rings. The highest BCUT2D eigenvalue weighted by Crippen LogP contribution is 2.35. The maximum absolute atomic E-state index is 10.1. The highest BCUT2D eigenvalue weighted by atomic mass is 16.8. The van der Waals surface area contributed by atoms with E-state index in [2.05, 4.69) is 4.65 Å². The monoisotopic (exact) mass is 386 g/mol. The van der Waals surface area contributed by atoms with Crippen LogP contribution in [0.1, 0.15) is 0 Å². The Morgan fingerprint density at radius 1 is 0.885 bits per heavy atom. The molecule has 9 atom stereocenters. The van der Waals surface area contributed by atoms with Gasteiger partial charge in [0.2, 0.25) is 5.79 Å². The van der Waals surface area contributed by atoms with Crippen molar-refractivity contribution in [1.82, 2.24) is 0 Å². The predicted octanol–water partition coefficient (Wildman–Crippen LogP) is -6.40. The number of aliphatic hydroxyl groups excluding tert-OH is 7. The van der Waals surface area contributed by atoms with Crippen LogP contribution in [0.15, 0.2) is 0 Å². The summed E-state index contributed by atoms with van der Waals surface area (Å²) in [4.78, 5) is 0. The third-order valence-electron chi connectivity index (χ3n) is 4.30. The molecule has 0 spiro atoms. The van der Waals surface area contributed by atoms with E-state index < -0.39 is 81.9 Å². The molecule has 0 unspecified atom stereocenters. The number of aliphatic hydroxyl groups is 7. The lowest BCUT2D eigenvalue weighted by Crippen LogP contribution is -2.63. The summed E-state index contributed by atoms with van der Waals surface area (Å²) < 4.78 is 20.1. The molecule has 0 radical (unpaired) electrons. The maximum Gasteiger partial charge on any atom is 0.633 e. The van der Waals surface area contributed by atoms with Gasteiger partial charge in [-0.3, -0.25) is 0 Å². The Hall–Kier alpha value is -0.455. The van der Waals surface area contributed by atoms with Crippen LogP contribution in [0.2, 0.25) is 0 Å². The molecule has 0 saturated carbocycles. The van der Waals surface area contributed by atoms with Gasteiger partial charge in [0.05, 0.1) is 13.2 Å². The molecule has 2 aliphatic heterocycles. The fourth-order valence-electron chi connectivity index (χ4n) is 2.80. The van der Waals surface area contributed by atoms with Crippen molar-refractivity contribution in [3.63, 3.8) is 0 Å². The van der Waals surface area contributed by atoms with Crippen molar-refractivity contribution in [1.29, 1.82) is 0 Å². The van der Waals surface area contributed by atoms with E-state index in [1.807, 2.05) is 0 Å². The van der Waals surface area contributed by atoms with E-state index in [4.69, 9.17) is 29.4 Å².